The first-order valence-electron chi connectivity index (χ1n) is 3.66. The normalized spacial score (nSPS) is 11.1. The van der Waals surface area contributed by atoms with E-state index in [1.54, 1.807) is 0 Å². The summed E-state index contributed by atoms with van der Waals surface area (Å²) < 4.78 is 44.8. The molecule has 0 aliphatic rings. The summed E-state index contributed by atoms with van der Waals surface area (Å²) in [6.45, 7) is -2.98. The van der Waals surface area contributed by atoms with Crippen LogP contribution in [0.5, 0.6) is 5.75 Å². The van der Waals surface area contributed by atoms with Gasteiger partial charge in [-0.1, -0.05) is 6.07 Å². The average molecular weight is 203 g/mol. The summed E-state index contributed by atoms with van der Waals surface area (Å²) in [5, 5.41) is 0. The smallest absolute Gasteiger partial charge is 0.387 e. The van der Waals surface area contributed by atoms with E-state index in [9.17, 15) is 13.2 Å². The topological polar surface area (TPSA) is 35.3 Å². The van der Waals surface area contributed by atoms with E-state index in [-0.39, 0.29) is 16.8 Å². The molecule has 1 aromatic carbocycles. The summed E-state index contributed by atoms with van der Waals surface area (Å²) in [6, 6.07) is 4.10. The minimum atomic E-state index is -2.98. The zero-order valence-corrected chi connectivity index (χ0v) is 6.71. The molecule has 0 saturated carbocycles. The van der Waals surface area contributed by atoms with Crippen molar-refractivity contribution in [1.29, 1.82) is 0 Å². The van der Waals surface area contributed by atoms with E-state index in [2.05, 4.69) is 14.1 Å². The fraction of sp³-hybridized carbons (Fsp3) is 0.125. The maximum atomic E-state index is 12.5. The fourth-order valence-electron chi connectivity index (χ4n) is 1.09. The number of aromatic nitrogens is 1. The highest BCUT2D eigenvalue weighted by molar-refractivity contribution is 5.78. The second kappa shape index (κ2) is 3.21. The van der Waals surface area contributed by atoms with Crippen LogP contribution in [0.3, 0.4) is 0 Å². The molecule has 2 aromatic rings. The van der Waals surface area contributed by atoms with Gasteiger partial charge in [-0.15, -0.1) is 4.39 Å². The van der Waals surface area contributed by atoms with Crippen LogP contribution in [-0.4, -0.2) is 11.6 Å². The second-order valence-corrected chi connectivity index (χ2v) is 2.45. The molecule has 0 bridgehead atoms. The van der Waals surface area contributed by atoms with Gasteiger partial charge in [-0.3, -0.25) is 0 Å². The lowest BCUT2D eigenvalue weighted by Crippen LogP contribution is -2.01. The lowest BCUT2D eigenvalue weighted by molar-refractivity contribution is -0.0494. The molecule has 0 spiro atoms. The van der Waals surface area contributed by atoms with Gasteiger partial charge in [0.25, 0.3) is 0 Å². The predicted molar refractivity (Wildman–Crippen MR) is 40.6 cm³/mol. The van der Waals surface area contributed by atoms with Gasteiger partial charge in [-0.2, -0.15) is 13.8 Å². The zero-order valence-electron chi connectivity index (χ0n) is 6.71. The number of nitrogens with zero attached hydrogens (tertiary/aromatic N) is 1. The minimum absolute atomic E-state index is 0.120. The number of fused-ring (bicyclic) bond motifs is 1. The van der Waals surface area contributed by atoms with Gasteiger partial charge in [0.2, 0.25) is 0 Å². The van der Waals surface area contributed by atoms with E-state index in [4.69, 9.17) is 0 Å². The molecule has 0 atom stereocenters. The van der Waals surface area contributed by atoms with Crippen LogP contribution in [0, 0.1) is 6.14 Å². The predicted octanol–water partition coefficient (Wildman–Crippen LogP) is 2.57. The van der Waals surface area contributed by atoms with Gasteiger partial charge >= 0.3 is 12.8 Å². The van der Waals surface area contributed by atoms with E-state index in [0.29, 0.717) is 0 Å². The molecule has 0 saturated heterocycles. The number of alkyl halides is 2. The quantitative estimate of drug-likeness (QED) is 0.752. The zero-order chi connectivity index (χ0) is 10.1. The highest BCUT2D eigenvalue weighted by Gasteiger charge is 2.13. The highest BCUT2D eigenvalue weighted by Crippen LogP contribution is 2.26. The molecule has 2 rings (SSSR count). The molecule has 1 heterocycles. The monoisotopic (exact) mass is 203 g/mol. The molecule has 0 aliphatic carbocycles. The molecule has 0 aliphatic heterocycles. The van der Waals surface area contributed by atoms with Crippen LogP contribution in [0.1, 0.15) is 0 Å². The third kappa shape index (κ3) is 1.50. The van der Waals surface area contributed by atoms with Gasteiger partial charge in [0, 0.05) is 0 Å². The lowest BCUT2D eigenvalue weighted by atomic mass is 10.3. The number of hydrogen-bond acceptors (Lipinski definition) is 3. The van der Waals surface area contributed by atoms with Crippen molar-refractivity contribution in [3.05, 3.63) is 24.3 Å². The minimum Gasteiger partial charge on any atom is -0.431 e. The van der Waals surface area contributed by atoms with Gasteiger partial charge in [0.15, 0.2) is 11.3 Å². The van der Waals surface area contributed by atoms with Gasteiger partial charge < -0.3 is 9.15 Å². The number of hydrogen-bond donors (Lipinski definition) is 0. The molecule has 0 radical (unpaired) electrons. The van der Waals surface area contributed by atoms with E-state index in [1.165, 1.54) is 18.2 Å². The van der Waals surface area contributed by atoms with Crippen LogP contribution in [0.25, 0.3) is 11.1 Å². The summed E-state index contributed by atoms with van der Waals surface area (Å²) in [7, 11) is 0. The largest absolute Gasteiger partial charge is 0.431 e. The maximum absolute atomic E-state index is 12.5. The van der Waals surface area contributed by atoms with Gasteiger partial charge in [0.1, 0.15) is 5.52 Å². The Morgan fingerprint density at radius 1 is 1.36 bits per heavy atom. The first-order valence-corrected chi connectivity index (χ1v) is 3.66. The molecule has 3 nitrogen and oxygen atoms in total. The number of rotatable bonds is 2. The molecule has 14 heavy (non-hydrogen) atoms. The molecule has 6 heteroatoms. The Morgan fingerprint density at radius 3 is 2.86 bits per heavy atom. The van der Waals surface area contributed by atoms with E-state index < -0.39 is 12.8 Å². The van der Waals surface area contributed by atoms with Crippen LogP contribution in [-0.2, 0) is 0 Å². The molecular formula is C8H4F3NO2. The number of para-hydroxylation sites is 1. The van der Waals surface area contributed by atoms with Crippen molar-refractivity contribution in [2.45, 2.75) is 6.61 Å². The molecule has 1 aromatic heterocycles. The number of benzene rings is 1. The number of ether oxygens (including phenoxy) is 1. The van der Waals surface area contributed by atoms with Crippen molar-refractivity contribution in [1.82, 2.24) is 4.98 Å². The summed E-state index contributed by atoms with van der Waals surface area (Å²) in [5.41, 5.74) is 0.0194. The van der Waals surface area contributed by atoms with Crippen molar-refractivity contribution >= 4 is 11.1 Å². The molecule has 74 valence electrons. The van der Waals surface area contributed by atoms with Crippen molar-refractivity contribution in [3.63, 3.8) is 0 Å². The summed E-state index contributed by atoms with van der Waals surface area (Å²) in [4.78, 5) is 3.32. The number of halogens is 3. The third-order valence-corrected chi connectivity index (χ3v) is 1.57. The first-order chi connectivity index (χ1) is 6.66. The van der Waals surface area contributed by atoms with Crippen molar-refractivity contribution in [2.75, 3.05) is 0 Å². The fourth-order valence-corrected chi connectivity index (χ4v) is 1.09. The van der Waals surface area contributed by atoms with Crippen LogP contribution in [0.4, 0.5) is 13.2 Å². The maximum Gasteiger partial charge on any atom is 0.387 e. The number of oxazole rings is 1. The SMILES string of the molecule is Fc1nc2cccc(OC(F)F)c2o1. The average Bonchev–Trinajstić information content (AvgIpc) is 2.45. The van der Waals surface area contributed by atoms with Gasteiger partial charge in [-0.05, 0) is 12.1 Å². The summed E-state index contributed by atoms with van der Waals surface area (Å²) >= 11 is 0. The van der Waals surface area contributed by atoms with Gasteiger partial charge in [-0.25, -0.2) is 0 Å². The molecule has 0 unspecified atom stereocenters. The van der Waals surface area contributed by atoms with Crippen molar-refractivity contribution in [3.8, 4) is 5.75 Å². The van der Waals surface area contributed by atoms with E-state index >= 15 is 0 Å². The van der Waals surface area contributed by atoms with Crippen LogP contribution >= 0.6 is 0 Å². The highest BCUT2D eigenvalue weighted by atomic mass is 19.3. The van der Waals surface area contributed by atoms with Crippen molar-refractivity contribution in [2.24, 2.45) is 0 Å². The first kappa shape index (κ1) is 8.86. The summed E-state index contributed by atoms with van der Waals surface area (Å²) in [5.74, 6) is -0.228. The third-order valence-electron chi connectivity index (χ3n) is 1.57. The Bertz CT molecular complexity index is 455. The lowest BCUT2D eigenvalue weighted by Gasteiger charge is -2.02. The molecule has 0 amide bonds. The van der Waals surface area contributed by atoms with Crippen molar-refractivity contribution < 1.29 is 22.3 Å². The Morgan fingerprint density at radius 2 is 2.14 bits per heavy atom. The Balaban J connectivity index is 2.53. The van der Waals surface area contributed by atoms with Crippen LogP contribution in [0.2, 0.25) is 0 Å². The standard InChI is InChI=1S/C8H4F3NO2/c9-7(10)13-5-3-1-2-4-6(5)14-8(11)12-4/h1-3,7H. The molecule has 0 fully saturated rings. The van der Waals surface area contributed by atoms with Gasteiger partial charge in [0.05, 0.1) is 0 Å². The van der Waals surface area contributed by atoms with E-state index in [0.717, 1.165) is 0 Å². The molecular weight excluding hydrogens is 199 g/mol. The van der Waals surface area contributed by atoms with Crippen LogP contribution < -0.4 is 4.74 Å². The summed E-state index contributed by atoms with van der Waals surface area (Å²) in [6.07, 6.45) is -1.08. The Hall–Kier alpha value is -1.72. The Labute approximate surface area is 76.1 Å². The molecule has 0 N–H and O–H groups in total. The van der Waals surface area contributed by atoms with Crippen LogP contribution in [0.15, 0.2) is 22.6 Å². The van der Waals surface area contributed by atoms with E-state index in [1.807, 2.05) is 0 Å². The second-order valence-electron chi connectivity index (χ2n) is 2.45. The Kier molecular flexibility index (Phi) is 2.03.